The number of carbonyl (C=O) groups excluding carboxylic acids is 2. The molecule has 1 aliphatic heterocycles. The molecular weight excluding hydrogens is 374 g/mol. The largest absolute Gasteiger partial charge is 0.297 e. The van der Waals surface area contributed by atoms with Gasteiger partial charge in [-0.15, -0.1) is 0 Å². The van der Waals surface area contributed by atoms with Crippen molar-refractivity contribution in [2.24, 2.45) is 0 Å². The second kappa shape index (κ2) is 10.6. The minimum absolute atomic E-state index is 0.0331. The van der Waals surface area contributed by atoms with Crippen LogP contribution in [-0.4, -0.2) is 30.3 Å². The number of ketones is 2. The van der Waals surface area contributed by atoms with E-state index in [1.54, 1.807) is 18.2 Å². The molecule has 0 saturated heterocycles. The van der Waals surface area contributed by atoms with E-state index in [9.17, 15) is 18.0 Å². The van der Waals surface area contributed by atoms with Gasteiger partial charge in [0.2, 0.25) is 0 Å². The fraction of sp³-hybridized carbons (Fsp3) is 0.545. The van der Waals surface area contributed by atoms with E-state index in [0.29, 0.717) is 0 Å². The van der Waals surface area contributed by atoms with Gasteiger partial charge in [0.1, 0.15) is 0 Å². The number of benzene rings is 1. The molecule has 0 radical (unpaired) electrons. The smallest absolute Gasteiger partial charge is 0.265 e. The summed E-state index contributed by atoms with van der Waals surface area (Å²) < 4.78 is 26.8. The van der Waals surface area contributed by atoms with Crippen LogP contribution in [0.2, 0.25) is 0 Å². The molecule has 1 aliphatic rings. The monoisotopic (exact) mass is 405 g/mol. The summed E-state index contributed by atoms with van der Waals surface area (Å²) in [6, 6.07) is 4.76. The molecule has 1 atom stereocenters. The lowest BCUT2D eigenvalue weighted by atomic mass is 10.0. The molecule has 28 heavy (non-hydrogen) atoms. The van der Waals surface area contributed by atoms with E-state index in [2.05, 4.69) is 6.92 Å². The Morgan fingerprint density at radius 3 is 2.29 bits per heavy atom. The summed E-state index contributed by atoms with van der Waals surface area (Å²) in [4.78, 5) is 24.7. The van der Waals surface area contributed by atoms with E-state index in [1.165, 1.54) is 63.8 Å². The molecular formula is C22H31NO4S. The minimum atomic E-state index is -3.92. The number of sulfonamides is 1. The second-order valence-electron chi connectivity index (χ2n) is 7.36. The van der Waals surface area contributed by atoms with E-state index < -0.39 is 27.6 Å². The molecule has 0 saturated carbocycles. The summed E-state index contributed by atoms with van der Waals surface area (Å²) in [5, 5.41) is 0. The Labute approximate surface area is 168 Å². The third-order valence-electron chi connectivity index (χ3n) is 5.07. The molecule has 0 amide bonds. The predicted octanol–water partition coefficient (Wildman–Crippen LogP) is 4.88. The molecule has 1 aromatic rings. The number of allylic oxidation sites excluding steroid dienone is 1. The first kappa shape index (κ1) is 22.3. The highest BCUT2D eigenvalue weighted by atomic mass is 32.2. The van der Waals surface area contributed by atoms with Gasteiger partial charge in [0.25, 0.3) is 10.0 Å². The molecule has 5 nitrogen and oxygen atoms in total. The summed E-state index contributed by atoms with van der Waals surface area (Å²) in [6.45, 7) is 3.46. The van der Waals surface area contributed by atoms with Crippen molar-refractivity contribution in [1.29, 1.82) is 0 Å². The topological polar surface area (TPSA) is 71.5 Å². The van der Waals surface area contributed by atoms with Gasteiger partial charge >= 0.3 is 0 Å². The maximum atomic E-state index is 12.9. The Balaban J connectivity index is 1.98. The molecule has 1 unspecified atom stereocenters. The maximum Gasteiger partial charge on any atom is 0.265 e. The fourth-order valence-electron chi connectivity index (χ4n) is 3.51. The van der Waals surface area contributed by atoms with Crippen LogP contribution in [0.4, 0.5) is 0 Å². The average Bonchev–Trinajstić information content (AvgIpc) is 2.67. The molecule has 1 aromatic carbocycles. The summed E-state index contributed by atoms with van der Waals surface area (Å²) in [6.07, 6.45) is 13.5. The van der Waals surface area contributed by atoms with Crippen LogP contribution < -0.4 is 0 Å². The quantitative estimate of drug-likeness (QED) is 0.389. The molecule has 0 bridgehead atoms. The summed E-state index contributed by atoms with van der Waals surface area (Å²) in [5.74, 6) is -0.936. The first-order chi connectivity index (χ1) is 13.4. The fourth-order valence-corrected chi connectivity index (χ4v) is 5.21. The summed E-state index contributed by atoms with van der Waals surface area (Å²) in [7, 11) is -3.92. The molecule has 0 fully saturated rings. The molecule has 154 valence electrons. The minimum Gasteiger partial charge on any atom is -0.297 e. The van der Waals surface area contributed by atoms with Crippen LogP contribution in [0.5, 0.6) is 0 Å². The Morgan fingerprint density at radius 1 is 1.04 bits per heavy atom. The molecule has 0 N–H and O–H groups in total. The van der Waals surface area contributed by atoms with Gasteiger partial charge in [-0.05, 0) is 31.9 Å². The lowest BCUT2D eigenvalue weighted by molar-refractivity contribution is -0.118. The van der Waals surface area contributed by atoms with E-state index in [-0.39, 0.29) is 10.5 Å². The molecule has 1 heterocycles. The van der Waals surface area contributed by atoms with Crippen LogP contribution in [0, 0.1) is 0 Å². The Bertz CT molecular complexity index is 814. The summed E-state index contributed by atoms with van der Waals surface area (Å²) >= 11 is 0. The Hall–Kier alpha value is -1.95. The van der Waals surface area contributed by atoms with Crippen LogP contribution in [0.15, 0.2) is 41.4 Å². The van der Waals surface area contributed by atoms with Crippen LogP contribution in [0.1, 0.15) is 82.0 Å². The van der Waals surface area contributed by atoms with Crippen molar-refractivity contribution in [2.45, 2.75) is 82.6 Å². The normalized spacial score (nSPS) is 18.4. The van der Waals surface area contributed by atoms with E-state index in [0.717, 1.165) is 23.6 Å². The van der Waals surface area contributed by atoms with Crippen molar-refractivity contribution in [2.75, 3.05) is 0 Å². The van der Waals surface area contributed by atoms with Gasteiger partial charge in [0.05, 0.1) is 4.90 Å². The van der Waals surface area contributed by atoms with Crippen LogP contribution in [0.25, 0.3) is 0 Å². The van der Waals surface area contributed by atoms with Gasteiger partial charge in [-0.25, -0.2) is 8.42 Å². The van der Waals surface area contributed by atoms with Crippen LogP contribution in [-0.2, 0) is 14.8 Å². The zero-order valence-electron chi connectivity index (χ0n) is 16.9. The van der Waals surface area contributed by atoms with Gasteiger partial charge in [0, 0.05) is 11.8 Å². The number of Topliss-reactive ketones (excluding diaryl/α,β-unsaturated/α-hetero) is 2. The average molecular weight is 406 g/mol. The number of carbonyl (C=O) groups is 2. The number of hydrogen-bond donors (Lipinski definition) is 0. The van der Waals surface area contributed by atoms with Gasteiger partial charge in [0.15, 0.2) is 17.6 Å². The molecule has 6 heteroatoms. The van der Waals surface area contributed by atoms with Crippen molar-refractivity contribution in [3.05, 3.63) is 42.1 Å². The Morgan fingerprint density at radius 2 is 1.64 bits per heavy atom. The highest BCUT2D eigenvalue weighted by molar-refractivity contribution is 7.89. The van der Waals surface area contributed by atoms with Crippen molar-refractivity contribution >= 4 is 21.6 Å². The summed E-state index contributed by atoms with van der Waals surface area (Å²) in [5.41, 5.74) is 0.0930. The van der Waals surface area contributed by atoms with E-state index in [1.807, 2.05) is 0 Å². The molecule has 2 rings (SSSR count). The number of hydrogen-bond acceptors (Lipinski definition) is 4. The Kier molecular flexibility index (Phi) is 8.42. The molecule has 0 aromatic heterocycles. The number of rotatable bonds is 11. The van der Waals surface area contributed by atoms with Crippen LogP contribution in [0.3, 0.4) is 0 Å². The second-order valence-corrected chi connectivity index (χ2v) is 9.17. The molecule has 0 spiro atoms. The number of fused-ring (bicyclic) bond motifs is 1. The van der Waals surface area contributed by atoms with Gasteiger partial charge < -0.3 is 0 Å². The zero-order chi connectivity index (χ0) is 20.6. The van der Waals surface area contributed by atoms with E-state index in [4.69, 9.17) is 0 Å². The third-order valence-corrected chi connectivity index (χ3v) is 6.87. The highest BCUT2D eigenvalue weighted by Crippen LogP contribution is 2.30. The van der Waals surface area contributed by atoms with Crippen molar-refractivity contribution in [1.82, 2.24) is 4.31 Å². The molecule has 0 aliphatic carbocycles. The lowest BCUT2D eigenvalue weighted by Gasteiger charge is -2.32. The van der Waals surface area contributed by atoms with Crippen molar-refractivity contribution in [3.8, 4) is 0 Å². The van der Waals surface area contributed by atoms with Crippen molar-refractivity contribution < 1.29 is 18.0 Å². The van der Waals surface area contributed by atoms with Gasteiger partial charge in [-0.1, -0.05) is 70.1 Å². The van der Waals surface area contributed by atoms with Gasteiger partial charge in [-0.3, -0.25) is 13.9 Å². The number of nitrogens with zero attached hydrogens (tertiary/aromatic N) is 1. The SMILES string of the molecule is CCCCCCCCCCC=CN1C(C(C)=O)C(=O)c2ccccc2S1(=O)=O. The van der Waals surface area contributed by atoms with Gasteiger partial charge in [-0.2, -0.15) is 0 Å². The maximum absolute atomic E-state index is 12.9. The first-order valence-electron chi connectivity index (χ1n) is 10.2. The third kappa shape index (κ3) is 5.31. The highest BCUT2D eigenvalue weighted by Gasteiger charge is 2.44. The standard InChI is InChI=1S/C22H31NO4S/c1-3-4-5-6-7-8-9-10-11-14-17-23-21(18(2)24)22(25)19-15-12-13-16-20(19)28(23,26)27/h12-17,21H,3-11H2,1-2H3. The lowest BCUT2D eigenvalue weighted by Crippen LogP contribution is -2.50. The van der Waals surface area contributed by atoms with E-state index >= 15 is 0 Å². The zero-order valence-corrected chi connectivity index (χ0v) is 17.7. The number of unbranched alkanes of at least 4 members (excludes halogenated alkanes) is 8. The predicted molar refractivity (Wildman–Crippen MR) is 111 cm³/mol. The van der Waals surface area contributed by atoms with Crippen molar-refractivity contribution in [3.63, 3.8) is 0 Å². The van der Waals surface area contributed by atoms with Crippen LogP contribution >= 0.6 is 0 Å². The first-order valence-corrected chi connectivity index (χ1v) is 11.7.